The summed E-state index contributed by atoms with van der Waals surface area (Å²) in [7, 11) is 0. The number of carbonyl (C=O) groups excluding carboxylic acids is 2. The van der Waals surface area contributed by atoms with Crippen molar-refractivity contribution in [1.29, 1.82) is 0 Å². The Morgan fingerprint density at radius 2 is 1.66 bits per heavy atom. The van der Waals surface area contributed by atoms with Gasteiger partial charge in [0.25, 0.3) is 0 Å². The molecule has 144 valence electrons. The molecule has 0 saturated carbocycles. The fraction of sp³-hybridized carbons (Fsp3) is 0.0833. The van der Waals surface area contributed by atoms with Gasteiger partial charge >= 0.3 is 5.97 Å². The number of hydrogen-bond donors (Lipinski definition) is 0. The van der Waals surface area contributed by atoms with Crippen LogP contribution in [0.1, 0.15) is 37.4 Å². The lowest BCUT2D eigenvalue weighted by atomic mass is 10.1. The molecule has 1 aliphatic heterocycles. The van der Waals surface area contributed by atoms with Crippen LogP contribution in [0.4, 0.5) is 0 Å². The Morgan fingerprint density at radius 1 is 0.966 bits per heavy atom. The van der Waals surface area contributed by atoms with Crippen molar-refractivity contribution >= 4 is 29.4 Å². The summed E-state index contributed by atoms with van der Waals surface area (Å²) < 4.78 is 11.3. The average molecular weight is 405 g/mol. The molecule has 3 aromatic carbocycles. The van der Waals surface area contributed by atoms with Gasteiger partial charge in [0.2, 0.25) is 5.78 Å². The summed E-state index contributed by atoms with van der Waals surface area (Å²) in [4.78, 5) is 25.1. The summed E-state index contributed by atoms with van der Waals surface area (Å²) in [6.45, 7) is 3.76. The smallest absolute Gasteiger partial charge is 0.343 e. The van der Waals surface area contributed by atoms with Crippen LogP contribution in [0.5, 0.6) is 11.5 Å². The van der Waals surface area contributed by atoms with Crippen molar-refractivity contribution in [2.75, 3.05) is 0 Å². The molecule has 0 unspecified atom stereocenters. The standard InChI is InChI=1S/C24H17ClO4/c1-14-3-5-16(6-4-14)13-21-22(26)19-11-12-20(15(2)23(19)28-21)29-24(27)17-7-9-18(25)10-8-17/h3-13H,1-2H3/b21-13-. The van der Waals surface area contributed by atoms with Crippen LogP contribution >= 0.6 is 11.6 Å². The predicted octanol–water partition coefficient (Wildman–Crippen LogP) is 5.79. The number of aryl methyl sites for hydroxylation is 1. The second kappa shape index (κ2) is 7.57. The first-order valence-corrected chi connectivity index (χ1v) is 9.42. The summed E-state index contributed by atoms with van der Waals surface area (Å²) >= 11 is 5.85. The zero-order valence-corrected chi connectivity index (χ0v) is 16.6. The lowest BCUT2D eigenvalue weighted by molar-refractivity contribution is 0.0733. The summed E-state index contributed by atoms with van der Waals surface area (Å²) in [6, 6.07) is 17.4. The van der Waals surface area contributed by atoms with Crippen molar-refractivity contribution in [3.8, 4) is 11.5 Å². The van der Waals surface area contributed by atoms with Gasteiger partial charge < -0.3 is 9.47 Å². The van der Waals surface area contributed by atoms with Crippen LogP contribution in [-0.4, -0.2) is 11.8 Å². The molecular weight excluding hydrogens is 388 g/mol. The van der Waals surface area contributed by atoms with E-state index in [1.165, 1.54) is 0 Å². The minimum absolute atomic E-state index is 0.195. The summed E-state index contributed by atoms with van der Waals surface area (Å²) in [5, 5.41) is 0.537. The molecule has 0 aliphatic carbocycles. The SMILES string of the molecule is Cc1ccc(/C=C2\Oc3c(ccc(OC(=O)c4ccc(Cl)cc4)c3C)C2=O)cc1. The first-order valence-electron chi connectivity index (χ1n) is 9.04. The number of carbonyl (C=O) groups is 2. The number of fused-ring (bicyclic) bond motifs is 1. The third-order valence-electron chi connectivity index (χ3n) is 4.69. The van der Waals surface area contributed by atoms with Gasteiger partial charge in [-0.25, -0.2) is 4.79 Å². The summed E-state index contributed by atoms with van der Waals surface area (Å²) in [5.74, 6) is 0.291. The molecule has 4 nitrogen and oxygen atoms in total. The highest BCUT2D eigenvalue weighted by molar-refractivity contribution is 6.30. The van der Waals surface area contributed by atoms with E-state index in [0.717, 1.165) is 11.1 Å². The van der Waals surface area contributed by atoms with Gasteiger partial charge in [-0.15, -0.1) is 0 Å². The largest absolute Gasteiger partial charge is 0.452 e. The van der Waals surface area contributed by atoms with Gasteiger partial charge in [0, 0.05) is 10.6 Å². The van der Waals surface area contributed by atoms with E-state index in [4.69, 9.17) is 21.1 Å². The Labute approximate surface area is 173 Å². The number of Topliss-reactive ketones (excluding diaryl/α,β-unsaturated/α-hetero) is 1. The van der Waals surface area contributed by atoms with E-state index < -0.39 is 5.97 Å². The number of halogens is 1. The van der Waals surface area contributed by atoms with Crippen molar-refractivity contribution < 1.29 is 19.1 Å². The van der Waals surface area contributed by atoms with E-state index in [1.807, 2.05) is 31.2 Å². The lowest BCUT2D eigenvalue weighted by Gasteiger charge is -2.10. The van der Waals surface area contributed by atoms with Crippen molar-refractivity contribution in [1.82, 2.24) is 0 Å². The van der Waals surface area contributed by atoms with Crippen molar-refractivity contribution in [2.24, 2.45) is 0 Å². The lowest BCUT2D eigenvalue weighted by Crippen LogP contribution is -2.09. The molecule has 1 aliphatic rings. The Balaban J connectivity index is 1.60. The van der Waals surface area contributed by atoms with E-state index >= 15 is 0 Å². The molecule has 0 saturated heterocycles. The van der Waals surface area contributed by atoms with E-state index in [9.17, 15) is 9.59 Å². The number of ketones is 1. The average Bonchev–Trinajstić information content (AvgIpc) is 3.03. The van der Waals surface area contributed by atoms with E-state index in [-0.39, 0.29) is 11.5 Å². The van der Waals surface area contributed by atoms with E-state index in [2.05, 4.69) is 0 Å². The molecule has 0 N–H and O–H groups in total. The first-order chi connectivity index (χ1) is 13.9. The minimum atomic E-state index is -0.510. The molecule has 1 heterocycles. The summed E-state index contributed by atoms with van der Waals surface area (Å²) in [5.41, 5.74) is 3.43. The number of esters is 1. The van der Waals surface area contributed by atoms with Crippen LogP contribution in [0.15, 0.2) is 66.4 Å². The van der Waals surface area contributed by atoms with Gasteiger partial charge in [0.15, 0.2) is 5.76 Å². The Kier molecular flexibility index (Phi) is 4.95. The molecule has 0 radical (unpaired) electrons. The Morgan fingerprint density at radius 3 is 2.34 bits per heavy atom. The third-order valence-corrected chi connectivity index (χ3v) is 4.95. The molecule has 3 aromatic rings. The highest BCUT2D eigenvalue weighted by atomic mass is 35.5. The monoisotopic (exact) mass is 404 g/mol. The van der Waals surface area contributed by atoms with E-state index in [0.29, 0.717) is 33.2 Å². The van der Waals surface area contributed by atoms with Crippen LogP contribution in [-0.2, 0) is 0 Å². The number of benzene rings is 3. The second-order valence-corrected chi connectivity index (χ2v) is 7.25. The maximum Gasteiger partial charge on any atom is 0.343 e. The van der Waals surface area contributed by atoms with Crippen LogP contribution in [0.3, 0.4) is 0 Å². The van der Waals surface area contributed by atoms with Gasteiger partial charge in [-0.2, -0.15) is 0 Å². The van der Waals surface area contributed by atoms with Crippen molar-refractivity contribution in [2.45, 2.75) is 13.8 Å². The van der Waals surface area contributed by atoms with Crippen LogP contribution in [0.25, 0.3) is 6.08 Å². The molecule has 0 bridgehead atoms. The van der Waals surface area contributed by atoms with Crippen LogP contribution < -0.4 is 9.47 Å². The highest BCUT2D eigenvalue weighted by Crippen LogP contribution is 2.39. The van der Waals surface area contributed by atoms with Gasteiger partial charge in [-0.1, -0.05) is 41.4 Å². The maximum absolute atomic E-state index is 12.7. The molecule has 4 rings (SSSR count). The Bertz CT molecular complexity index is 1140. The number of hydrogen-bond acceptors (Lipinski definition) is 4. The predicted molar refractivity (Wildman–Crippen MR) is 112 cm³/mol. The normalized spacial score (nSPS) is 13.9. The molecule has 0 spiro atoms. The van der Waals surface area contributed by atoms with Crippen LogP contribution in [0.2, 0.25) is 5.02 Å². The quantitative estimate of drug-likeness (QED) is 0.315. The second-order valence-electron chi connectivity index (χ2n) is 6.81. The molecule has 0 amide bonds. The van der Waals surface area contributed by atoms with Gasteiger partial charge in [-0.3, -0.25) is 4.79 Å². The zero-order valence-electron chi connectivity index (χ0n) is 15.9. The van der Waals surface area contributed by atoms with Crippen molar-refractivity contribution in [3.05, 3.63) is 99.3 Å². The van der Waals surface area contributed by atoms with Gasteiger partial charge in [0.1, 0.15) is 11.5 Å². The zero-order chi connectivity index (χ0) is 20.5. The van der Waals surface area contributed by atoms with Gasteiger partial charge in [0.05, 0.1) is 11.1 Å². The fourth-order valence-corrected chi connectivity index (χ4v) is 3.16. The topological polar surface area (TPSA) is 52.6 Å². The first kappa shape index (κ1) is 19.0. The number of ether oxygens (including phenoxy) is 2. The molecular formula is C24H17ClO4. The summed E-state index contributed by atoms with van der Waals surface area (Å²) in [6.07, 6.45) is 1.71. The molecule has 29 heavy (non-hydrogen) atoms. The minimum Gasteiger partial charge on any atom is -0.452 e. The van der Waals surface area contributed by atoms with Crippen molar-refractivity contribution in [3.63, 3.8) is 0 Å². The van der Waals surface area contributed by atoms with Crippen LogP contribution in [0, 0.1) is 13.8 Å². The highest BCUT2D eigenvalue weighted by Gasteiger charge is 2.30. The number of allylic oxidation sites excluding steroid dienone is 1. The molecule has 0 atom stereocenters. The molecule has 0 fully saturated rings. The molecule has 0 aromatic heterocycles. The third kappa shape index (κ3) is 3.80. The number of rotatable bonds is 3. The fourth-order valence-electron chi connectivity index (χ4n) is 3.04. The van der Waals surface area contributed by atoms with Gasteiger partial charge in [-0.05, 0) is 61.9 Å². The molecule has 5 heteroatoms. The maximum atomic E-state index is 12.7. The Hall–Kier alpha value is -3.37. The van der Waals surface area contributed by atoms with E-state index in [1.54, 1.807) is 49.4 Å².